The maximum Gasteiger partial charge on any atom is 0.326 e. The Labute approximate surface area is 168 Å². The molecule has 0 saturated carbocycles. The molecular weight excluding hydrogens is 370 g/mol. The van der Waals surface area contributed by atoms with Gasteiger partial charge < -0.3 is 19.4 Å². The quantitative estimate of drug-likeness (QED) is 0.721. The predicted octanol–water partition coefficient (Wildman–Crippen LogP) is 2.89. The highest BCUT2D eigenvalue weighted by Gasteiger charge is 2.26. The SMILES string of the molecule is COc1cc(C)ccc1OCC(=O)N1CCC(n2c(=O)[nH]c3ccccc32)CC1. The Bertz CT molecular complexity index is 1080. The standard InChI is InChI=1S/C22H25N3O4/c1-15-7-8-19(20(13-15)28-2)29-14-21(26)24-11-9-16(10-12-24)25-18-6-4-3-5-17(18)23-22(25)27/h3-8,13,16H,9-12,14H2,1-2H3,(H,23,27). The van der Waals surface area contributed by atoms with Gasteiger partial charge in [0.1, 0.15) is 0 Å². The number of nitrogens with one attached hydrogen (secondary N) is 1. The minimum absolute atomic E-state index is 0.0306. The molecule has 1 amide bonds. The summed E-state index contributed by atoms with van der Waals surface area (Å²) in [5, 5.41) is 0. The smallest absolute Gasteiger partial charge is 0.326 e. The van der Waals surface area contributed by atoms with Crippen LogP contribution < -0.4 is 15.2 Å². The summed E-state index contributed by atoms with van der Waals surface area (Å²) in [5.41, 5.74) is 2.73. The molecule has 0 bridgehead atoms. The summed E-state index contributed by atoms with van der Waals surface area (Å²) in [6.45, 7) is 3.14. The molecule has 0 unspecified atom stereocenters. The number of hydrogen-bond donors (Lipinski definition) is 1. The average molecular weight is 395 g/mol. The van der Waals surface area contributed by atoms with Crippen LogP contribution in [-0.2, 0) is 4.79 Å². The Morgan fingerprint density at radius 2 is 1.90 bits per heavy atom. The Kier molecular flexibility index (Phi) is 5.29. The van der Waals surface area contributed by atoms with Crippen molar-refractivity contribution in [3.8, 4) is 11.5 Å². The molecule has 152 valence electrons. The third-order valence-corrected chi connectivity index (χ3v) is 5.48. The molecule has 0 atom stereocenters. The molecule has 2 heterocycles. The van der Waals surface area contributed by atoms with E-state index in [9.17, 15) is 9.59 Å². The second-order valence-corrected chi connectivity index (χ2v) is 7.37. The molecular formula is C22H25N3O4. The number of nitrogens with zero attached hydrogens (tertiary/aromatic N) is 2. The number of methoxy groups -OCH3 is 1. The fourth-order valence-electron chi connectivity index (χ4n) is 3.94. The number of hydrogen-bond acceptors (Lipinski definition) is 4. The highest BCUT2D eigenvalue weighted by molar-refractivity contribution is 5.78. The van der Waals surface area contributed by atoms with Gasteiger partial charge in [-0.3, -0.25) is 9.36 Å². The van der Waals surface area contributed by atoms with E-state index < -0.39 is 0 Å². The lowest BCUT2D eigenvalue weighted by molar-refractivity contribution is -0.134. The van der Waals surface area contributed by atoms with Crippen LogP contribution >= 0.6 is 0 Å². The second kappa shape index (κ2) is 8.03. The van der Waals surface area contributed by atoms with E-state index in [4.69, 9.17) is 9.47 Å². The maximum atomic E-state index is 12.6. The van der Waals surface area contributed by atoms with E-state index in [1.807, 2.05) is 54.0 Å². The van der Waals surface area contributed by atoms with Crippen molar-refractivity contribution in [3.63, 3.8) is 0 Å². The van der Waals surface area contributed by atoms with E-state index in [-0.39, 0.29) is 24.2 Å². The van der Waals surface area contributed by atoms with Crippen LogP contribution in [0.15, 0.2) is 47.3 Å². The van der Waals surface area contributed by atoms with Crippen LogP contribution in [0.3, 0.4) is 0 Å². The lowest BCUT2D eigenvalue weighted by Crippen LogP contribution is -2.42. The summed E-state index contributed by atoms with van der Waals surface area (Å²) < 4.78 is 12.8. The van der Waals surface area contributed by atoms with Crippen molar-refractivity contribution in [1.29, 1.82) is 0 Å². The molecule has 4 rings (SSSR count). The number of ether oxygens (including phenoxy) is 2. The molecule has 1 aliphatic heterocycles. The molecule has 1 N–H and O–H groups in total. The van der Waals surface area contributed by atoms with Gasteiger partial charge in [0.05, 0.1) is 18.1 Å². The zero-order chi connectivity index (χ0) is 20.4. The van der Waals surface area contributed by atoms with Crippen LogP contribution in [0, 0.1) is 6.92 Å². The molecule has 3 aromatic rings. The van der Waals surface area contributed by atoms with E-state index in [1.54, 1.807) is 12.0 Å². The molecule has 1 aliphatic rings. The van der Waals surface area contributed by atoms with Crippen LogP contribution in [-0.4, -0.2) is 47.2 Å². The van der Waals surface area contributed by atoms with Crippen molar-refractivity contribution in [2.75, 3.05) is 26.8 Å². The van der Waals surface area contributed by atoms with Gasteiger partial charge in [0.25, 0.3) is 5.91 Å². The van der Waals surface area contributed by atoms with Crippen LogP contribution in [0.5, 0.6) is 11.5 Å². The van der Waals surface area contributed by atoms with Crippen molar-refractivity contribution in [2.45, 2.75) is 25.8 Å². The van der Waals surface area contributed by atoms with Crippen LogP contribution in [0.1, 0.15) is 24.4 Å². The van der Waals surface area contributed by atoms with Gasteiger partial charge in [-0.1, -0.05) is 18.2 Å². The second-order valence-electron chi connectivity index (χ2n) is 7.37. The van der Waals surface area contributed by atoms with E-state index in [1.165, 1.54) is 0 Å². The Balaban J connectivity index is 1.38. The minimum atomic E-state index is -0.0919. The Morgan fingerprint density at radius 3 is 2.66 bits per heavy atom. The molecule has 29 heavy (non-hydrogen) atoms. The van der Waals surface area contributed by atoms with Gasteiger partial charge in [0, 0.05) is 19.1 Å². The Morgan fingerprint density at radius 1 is 1.14 bits per heavy atom. The number of benzene rings is 2. The maximum absolute atomic E-state index is 12.6. The van der Waals surface area contributed by atoms with Gasteiger partial charge >= 0.3 is 5.69 Å². The molecule has 1 saturated heterocycles. The number of carbonyl (C=O) groups is 1. The number of imidazole rings is 1. The van der Waals surface area contributed by atoms with Gasteiger partial charge in [-0.05, 0) is 49.6 Å². The molecule has 7 heteroatoms. The number of aryl methyl sites for hydroxylation is 1. The fourth-order valence-corrected chi connectivity index (χ4v) is 3.94. The van der Waals surface area contributed by atoms with Gasteiger partial charge in [-0.15, -0.1) is 0 Å². The number of piperidine rings is 1. The van der Waals surface area contributed by atoms with Gasteiger partial charge in [0.15, 0.2) is 18.1 Å². The highest BCUT2D eigenvalue weighted by Crippen LogP contribution is 2.28. The van der Waals surface area contributed by atoms with Crippen LogP contribution in [0.2, 0.25) is 0 Å². The highest BCUT2D eigenvalue weighted by atomic mass is 16.5. The summed E-state index contributed by atoms with van der Waals surface area (Å²) in [6, 6.07) is 13.4. The largest absolute Gasteiger partial charge is 0.493 e. The number of likely N-dealkylation sites (tertiary alicyclic amines) is 1. The minimum Gasteiger partial charge on any atom is -0.493 e. The first-order valence-corrected chi connectivity index (χ1v) is 9.81. The van der Waals surface area contributed by atoms with Gasteiger partial charge in [-0.25, -0.2) is 4.79 Å². The lowest BCUT2D eigenvalue weighted by atomic mass is 10.0. The molecule has 7 nitrogen and oxygen atoms in total. The van der Waals surface area contributed by atoms with Crippen molar-refractivity contribution < 1.29 is 14.3 Å². The monoisotopic (exact) mass is 395 g/mol. The fraction of sp³-hybridized carbons (Fsp3) is 0.364. The first kappa shape index (κ1) is 19.1. The first-order valence-electron chi connectivity index (χ1n) is 9.81. The number of aromatic amines is 1. The molecule has 1 aromatic heterocycles. The van der Waals surface area contributed by atoms with E-state index in [0.29, 0.717) is 24.6 Å². The van der Waals surface area contributed by atoms with Crippen LogP contribution in [0.4, 0.5) is 0 Å². The summed E-state index contributed by atoms with van der Waals surface area (Å²) in [4.78, 5) is 29.7. The predicted molar refractivity (Wildman–Crippen MR) is 111 cm³/mol. The molecule has 0 aliphatic carbocycles. The molecule has 1 fully saturated rings. The first-order chi connectivity index (χ1) is 14.1. The Hall–Kier alpha value is -3.22. The molecule has 0 spiro atoms. The summed E-state index contributed by atoms with van der Waals surface area (Å²) in [6.07, 6.45) is 1.47. The zero-order valence-corrected chi connectivity index (χ0v) is 16.7. The van der Waals surface area contributed by atoms with E-state index in [2.05, 4.69) is 4.98 Å². The lowest BCUT2D eigenvalue weighted by Gasteiger charge is -2.32. The van der Waals surface area contributed by atoms with Crippen molar-refractivity contribution in [3.05, 3.63) is 58.5 Å². The number of rotatable bonds is 5. The van der Waals surface area contributed by atoms with Crippen molar-refractivity contribution in [1.82, 2.24) is 14.5 Å². The third-order valence-electron chi connectivity index (χ3n) is 5.48. The number of aromatic nitrogens is 2. The van der Waals surface area contributed by atoms with Gasteiger partial charge in [-0.2, -0.15) is 0 Å². The average Bonchev–Trinajstić information content (AvgIpc) is 3.08. The van der Waals surface area contributed by atoms with Crippen molar-refractivity contribution >= 4 is 16.9 Å². The van der Waals surface area contributed by atoms with E-state index in [0.717, 1.165) is 29.4 Å². The number of para-hydroxylation sites is 2. The normalized spacial score (nSPS) is 14.9. The van der Waals surface area contributed by atoms with Crippen molar-refractivity contribution in [2.24, 2.45) is 0 Å². The summed E-state index contributed by atoms with van der Waals surface area (Å²) in [5.74, 6) is 1.12. The number of H-pyrrole nitrogens is 1. The topological polar surface area (TPSA) is 76.6 Å². The number of carbonyl (C=O) groups excluding carboxylic acids is 1. The molecule has 2 aromatic carbocycles. The zero-order valence-electron chi connectivity index (χ0n) is 16.7. The summed E-state index contributed by atoms with van der Waals surface area (Å²) in [7, 11) is 1.58. The number of fused-ring (bicyclic) bond motifs is 1. The summed E-state index contributed by atoms with van der Waals surface area (Å²) >= 11 is 0. The number of amides is 1. The van der Waals surface area contributed by atoms with E-state index >= 15 is 0 Å². The van der Waals surface area contributed by atoms with Gasteiger partial charge in [0.2, 0.25) is 0 Å². The third kappa shape index (κ3) is 3.85. The molecule has 0 radical (unpaired) electrons. The van der Waals surface area contributed by atoms with Crippen LogP contribution in [0.25, 0.3) is 11.0 Å².